The van der Waals surface area contributed by atoms with E-state index in [-0.39, 0.29) is 35.8 Å². The van der Waals surface area contributed by atoms with Crippen LogP contribution in [0.25, 0.3) is 0 Å². The van der Waals surface area contributed by atoms with E-state index in [2.05, 4.69) is 5.32 Å². The number of nitrogens with zero attached hydrogens (tertiary/aromatic N) is 2. The minimum absolute atomic E-state index is 0.0474. The highest BCUT2D eigenvalue weighted by Crippen LogP contribution is 2.28. The van der Waals surface area contributed by atoms with Crippen LogP contribution in [-0.2, 0) is 4.79 Å². The van der Waals surface area contributed by atoms with E-state index >= 15 is 0 Å². The summed E-state index contributed by atoms with van der Waals surface area (Å²) < 4.78 is 18.3. The SMILES string of the molecule is CCOc1ccc(C(=O)N(C)CC(=O)Nc2cccc(F)c2)cc1[N+](=O)[O-]. The second kappa shape index (κ2) is 8.75. The monoisotopic (exact) mass is 375 g/mol. The summed E-state index contributed by atoms with van der Waals surface area (Å²) in [4.78, 5) is 36.1. The Kier molecular flexibility index (Phi) is 6.42. The smallest absolute Gasteiger partial charge is 0.311 e. The molecule has 2 amide bonds. The first-order valence-corrected chi connectivity index (χ1v) is 8.04. The number of nitrogens with one attached hydrogen (secondary N) is 1. The van der Waals surface area contributed by atoms with Crippen LogP contribution >= 0.6 is 0 Å². The van der Waals surface area contributed by atoms with Crippen molar-refractivity contribution in [2.45, 2.75) is 6.92 Å². The Labute approximate surface area is 154 Å². The van der Waals surface area contributed by atoms with Crippen molar-refractivity contribution in [3.63, 3.8) is 0 Å². The number of carbonyl (C=O) groups is 2. The largest absolute Gasteiger partial charge is 0.487 e. The van der Waals surface area contributed by atoms with Gasteiger partial charge in [0.05, 0.1) is 18.1 Å². The van der Waals surface area contributed by atoms with Crippen LogP contribution in [0.15, 0.2) is 42.5 Å². The van der Waals surface area contributed by atoms with Gasteiger partial charge in [0.25, 0.3) is 5.91 Å². The van der Waals surface area contributed by atoms with Gasteiger partial charge in [-0.05, 0) is 37.3 Å². The number of nitro groups is 1. The van der Waals surface area contributed by atoms with Gasteiger partial charge in [0.15, 0.2) is 5.75 Å². The first kappa shape index (κ1) is 19.8. The Hall–Kier alpha value is -3.49. The normalized spacial score (nSPS) is 10.2. The van der Waals surface area contributed by atoms with E-state index in [0.717, 1.165) is 17.0 Å². The first-order valence-electron chi connectivity index (χ1n) is 8.04. The predicted octanol–water partition coefficient (Wildman–Crippen LogP) is 2.84. The summed E-state index contributed by atoms with van der Waals surface area (Å²) in [5.41, 5.74) is -0.0240. The molecule has 0 saturated heterocycles. The van der Waals surface area contributed by atoms with Crippen LogP contribution in [0.2, 0.25) is 0 Å². The fraction of sp³-hybridized carbons (Fsp3) is 0.222. The maximum atomic E-state index is 13.1. The minimum atomic E-state index is -0.640. The summed E-state index contributed by atoms with van der Waals surface area (Å²) in [6.45, 7) is 1.62. The van der Waals surface area contributed by atoms with Crippen molar-refractivity contribution in [2.75, 3.05) is 25.5 Å². The van der Waals surface area contributed by atoms with Gasteiger partial charge in [-0.25, -0.2) is 4.39 Å². The van der Waals surface area contributed by atoms with Crippen molar-refractivity contribution in [1.82, 2.24) is 4.90 Å². The number of amides is 2. The van der Waals surface area contributed by atoms with E-state index in [1.165, 1.54) is 37.4 Å². The predicted molar refractivity (Wildman–Crippen MR) is 96.3 cm³/mol. The molecule has 9 heteroatoms. The molecule has 0 aliphatic heterocycles. The van der Waals surface area contributed by atoms with Gasteiger partial charge in [0, 0.05) is 24.4 Å². The Morgan fingerprint density at radius 3 is 2.63 bits per heavy atom. The van der Waals surface area contributed by atoms with E-state index < -0.39 is 22.6 Å². The molecule has 0 aliphatic carbocycles. The molecule has 0 radical (unpaired) electrons. The van der Waals surface area contributed by atoms with E-state index in [9.17, 15) is 24.1 Å². The quantitative estimate of drug-likeness (QED) is 0.592. The molecule has 0 unspecified atom stereocenters. The lowest BCUT2D eigenvalue weighted by atomic mass is 10.1. The number of ether oxygens (including phenoxy) is 1. The molecule has 0 atom stereocenters. The molecule has 0 spiro atoms. The van der Waals surface area contributed by atoms with Crippen molar-refractivity contribution in [1.29, 1.82) is 0 Å². The molecule has 0 bridgehead atoms. The van der Waals surface area contributed by atoms with E-state index in [1.807, 2.05) is 0 Å². The Balaban J connectivity index is 2.09. The van der Waals surface area contributed by atoms with E-state index in [1.54, 1.807) is 6.92 Å². The number of rotatable bonds is 7. The molecule has 2 aromatic carbocycles. The number of halogens is 1. The van der Waals surface area contributed by atoms with Crippen molar-refractivity contribution in [3.8, 4) is 5.75 Å². The van der Waals surface area contributed by atoms with E-state index in [4.69, 9.17) is 4.74 Å². The molecular weight excluding hydrogens is 357 g/mol. The summed E-state index contributed by atoms with van der Waals surface area (Å²) in [5.74, 6) is -1.54. The fourth-order valence-electron chi connectivity index (χ4n) is 2.34. The van der Waals surface area contributed by atoms with E-state index in [0.29, 0.717) is 0 Å². The molecule has 2 rings (SSSR count). The van der Waals surface area contributed by atoms with Crippen LogP contribution in [0.1, 0.15) is 17.3 Å². The molecule has 0 heterocycles. The first-order chi connectivity index (χ1) is 12.8. The second-order valence-corrected chi connectivity index (χ2v) is 5.59. The summed E-state index contributed by atoms with van der Waals surface area (Å²) in [7, 11) is 1.38. The van der Waals surface area contributed by atoms with Crippen LogP contribution in [0.4, 0.5) is 15.8 Å². The lowest BCUT2D eigenvalue weighted by molar-refractivity contribution is -0.385. The Morgan fingerprint density at radius 2 is 2.00 bits per heavy atom. The molecule has 0 aromatic heterocycles. The fourth-order valence-corrected chi connectivity index (χ4v) is 2.34. The summed E-state index contributed by atoms with van der Waals surface area (Å²) in [6.07, 6.45) is 0. The minimum Gasteiger partial charge on any atom is -0.487 e. The van der Waals surface area contributed by atoms with Gasteiger partial charge in [-0.2, -0.15) is 0 Å². The zero-order chi connectivity index (χ0) is 20.0. The second-order valence-electron chi connectivity index (χ2n) is 5.59. The Morgan fingerprint density at radius 1 is 1.26 bits per heavy atom. The zero-order valence-electron chi connectivity index (χ0n) is 14.8. The molecule has 8 nitrogen and oxygen atoms in total. The van der Waals surface area contributed by atoms with Gasteiger partial charge in [0.1, 0.15) is 5.82 Å². The molecule has 0 aliphatic rings. The van der Waals surface area contributed by atoms with Crippen LogP contribution in [0, 0.1) is 15.9 Å². The Bertz CT molecular complexity index is 872. The molecule has 0 saturated carbocycles. The average molecular weight is 375 g/mol. The molecule has 27 heavy (non-hydrogen) atoms. The van der Waals surface area contributed by atoms with Gasteiger partial charge in [-0.15, -0.1) is 0 Å². The van der Waals surface area contributed by atoms with Gasteiger partial charge >= 0.3 is 5.69 Å². The van der Waals surface area contributed by atoms with Crippen LogP contribution in [-0.4, -0.2) is 41.8 Å². The highest BCUT2D eigenvalue weighted by atomic mass is 19.1. The molecule has 2 aromatic rings. The third kappa shape index (κ3) is 5.24. The number of hydrogen-bond acceptors (Lipinski definition) is 5. The lowest BCUT2D eigenvalue weighted by Gasteiger charge is -2.17. The highest BCUT2D eigenvalue weighted by Gasteiger charge is 2.21. The number of benzene rings is 2. The summed E-state index contributed by atoms with van der Waals surface area (Å²) in [5, 5.41) is 13.6. The third-order valence-electron chi connectivity index (χ3n) is 3.54. The third-order valence-corrected chi connectivity index (χ3v) is 3.54. The van der Waals surface area contributed by atoms with Crippen molar-refractivity contribution >= 4 is 23.2 Å². The zero-order valence-corrected chi connectivity index (χ0v) is 14.8. The van der Waals surface area contributed by atoms with Crippen LogP contribution < -0.4 is 10.1 Å². The lowest BCUT2D eigenvalue weighted by Crippen LogP contribution is -2.35. The standard InChI is InChI=1S/C18H18FN3O5/c1-3-27-16-8-7-12(9-15(16)22(25)26)18(24)21(2)11-17(23)20-14-6-4-5-13(19)10-14/h4-10H,3,11H2,1-2H3,(H,20,23). The summed E-state index contributed by atoms with van der Waals surface area (Å²) in [6, 6.07) is 9.18. The topological polar surface area (TPSA) is 102 Å². The maximum absolute atomic E-state index is 13.1. The number of hydrogen-bond donors (Lipinski definition) is 1. The molecular formula is C18H18FN3O5. The molecule has 142 valence electrons. The van der Waals surface area contributed by atoms with Gasteiger partial charge in [0.2, 0.25) is 5.91 Å². The van der Waals surface area contributed by atoms with Crippen molar-refractivity contribution in [2.24, 2.45) is 0 Å². The van der Waals surface area contributed by atoms with Gasteiger partial charge < -0.3 is 15.0 Å². The van der Waals surface area contributed by atoms with Crippen molar-refractivity contribution < 1.29 is 23.6 Å². The summed E-state index contributed by atoms with van der Waals surface area (Å²) >= 11 is 0. The number of nitro benzene ring substituents is 1. The number of anilines is 1. The van der Waals surface area contributed by atoms with Crippen molar-refractivity contribution in [3.05, 3.63) is 64.0 Å². The number of carbonyl (C=O) groups excluding carboxylic acids is 2. The van der Waals surface area contributed by atoms with Gasteiger partial charge in [-0.1, -0.05) is 6.07 Å². The molecule has 1 N–H and O–H groups in total. The highest BCUT2D eigenvalue weighted by molar-refractivity contribution is 5.99. The van der Waals surface area contributed by atoms with Crippen LogP contribution in [0.3, 0.4) is 0 Å². The van der Waals surface area contributed by atoms with Crippen LogP contribution in [0.5, 0.6) is 5.75 Å². The molecule has 0 fully saturated rings. The average Bonchev–Trinajstić information content (AvgIpc) is 2.61. The number of likely N-dealkylation sites (N-methyl/N-ethyl adjacent to an activating group) is 1. The maximum Gasteiger partial charge on any atom is 0.311 e. The van der Waals surface area contributed by atoms with Gasteiger partial charge in [-0.3, -0.25) is 19.7 Å².